The third-order valence-corrected chi connectivity index (χ3v) is 8.99. The van der Waals surface area contributed by atoms with Crippen molar-refractivity contribution in [2.75, 3.05) is 26.9 Å². The highest BCUT2D eigenvalue weighted by Crippen LogP contribution is 2.36. The van der Waals surface area contributed by atoms with E-state index in [1.54, 1.807) is 32.0 Å². The van der Waals surface area contributed by atoms with Crippen LogP contribution in [-0.4, -0.2) is 43.4 Å². The molecule has 1 aromatic heterocycles. The van der Waals surface area contributed by atoms with Gasteiger partial charge >= 0.3 is 11.9 Å². The number of benzene rings is 3. The van der Waals surface area contributed by atoms with E-state index in [9.17, 15) is 14.4 Å². The predicted molar refractivity (Wildman–Crippen MR) is 185 cm³/mol. The molecule has 0 spiro atoms. The van der Waals surface area contributed by atoms with E-state index >= 15 is 0 Å². The lowest BCUT2D eigenvalue weighted by molar-refractivity contribution is -0.143. The number of fused-ring (bicyclic) bond motifs is 1. The summed E-state index contributed by atoms with van der Waals surface area (Å²) in [5, 5.41) is 0. The van der Waals surface area contributed by atoms with Crippen molar-refractivity contribution in [2.45, 2.75) is 33.4 Å². The molecule has 0 unspecified atom stereocenters. The molecule has 5 rings (SSSR count). The molecule has 0 aliphatic carbocycles. The van der Waals surface area contributed by atoms with Crippen molar-refractivity contribution in [3.8, 4) is 17.2 Å². The minimum absolute atomic E-state index is 0.154. The van der Waals surface area contributed by atoms with Crippen molar-refractivity contribution in [1.29, 1.82) is 0 Å². The molecule has 0 amide bonds. The van der Waals surface area contributed by atoms with Gasteiger partial charge in [0, 0.05) is 0 Å². The molecule has 10 nitrogen and oxygen atoms in total. The Kier molecular flexibility index (Phi) is 11.1. The first kappa shape index (κ1) is 33.9. The van der Waals surface area contributed by atoms with Crippen LogP contribution in [-0.2, 0) is 25.7 Å². The van der Waals surface area contributed by atoms with Crippen LogP contribution >= 0.6 is 33.9 Å². The predicted octanol–water partition coefficient (Wildman–Crippen LogP) is 4.93. The zero-order valence-corrected chi connectivity index (χ0v) is 29.3. The number of carbonyl (C=O) groups excluding carboxylic acids is 2. The summed E-state index contributed by atoms with van der Waals surface area (Å²) in [5.74, 6) is 0.288. The Morgan fingerprint density at radius 2 is 1.72 bits per heavy atom. The smallest absolute Gasteiger partial charge is 0.343 e. The summed E-state index contributed by atoms with van der Waals surface area (Å²) in [6.45, 7) is 5.87. The quantitative estimate of drug-likeness (QED) is 0.147. The van der Waals surface area contributed by atoms with Gasteiger partial charge in [-0.1, -0.05) is 53.8 Å². The highest BCUT2D eigenvalue weighted by atomic mass is 127. The molecule has 0 fully saturated rings. The van der Waals surface area contributed by atoms with Crippen molar-refractivity contribution in [1.82, 2.24) is 4.57 Å². The molecule has 0 bridgehead atoms. The summed E-state index contributed by atoms with van der Waals surface area (Å²) in [4.78, 5) is 44.3. The number of halogens is 1. The van der Waals surface area contributed by atoms with Crippen LogP contribution in [0.25, 0.3) is 6.08 Å². The summed E-state index contributed by atoms with van der Waals surface area (Å²) in [6, 6.07) is 19.9. The lowest BCUT2D eigenvalue weighted by Crippen LogP contribution is -2.40. The average molecular weight is 769 g/mol. The molecule has 12 heteroatoms. The second-order valence-electron chi connectivity index (χ2n) is 10.3. The Morgan fingerprint density at radius 3 is 2.43 bits per heavy atom. The average Bonchev–Trinajstić information content (AvgIpc) is 3.37. The van der Waals surface area contributed by atoms with Crippen LogP contribution in [0.1, 0.15) is 43.5 Å². The summed E-state index contributed by atoms with van der Waals surface area (Å²) in [5.41, 5.74) is 2.84. The molecule has 0 N–H and O–H groups in total. The van der Waals surface area contributed by atoms with Gasteiger partial charge in [-0.3, -0.25) is 9.36 Å². The molecule has 2 heterocycles. The Morgan fingerprint density at radius 1 is 0.957 bits per heavy atom. The number of nitrogens with zero attached hydrogens (tertiary/aromatic N) is 2. The number of ether oxygens (including phenoxy) is 5. The van der Waals surface area contributed by atoms with Gasteiger partial charge in [0.1, 0.15) is 12.4 Å². The van der Waals surface area contributed by atoms with E-state index in [0.29, 0.717) is 45.3 Å². The third kappa shape index (κ3) is 7.76. The van der Waals surface area contributed by atoms with E-state index in [0.717, 1.165) is 20.4 Å². The maximum Gasteiger partial charge on any atom is 0.343 e. The van der Waals surface area contributed by atoms with Crippen LogP contribution in [0.3, 0.4) is 0 Å². The Labute approximate surface area is 289 Å². The highest BCUT2D eigenvalue weighted by Gasteiger charge is 2.34. The zero-order chi connectivity index (χ0) is 33.5. The molecule has 0 saturated heterocycles. The largest absolute Gasteiger partial charge is 0.490 e. The van der Waals surface area contributed by atoms with E-state index in [1.165, 1.54) is 23.0 Å². The first-order valence-electron chi connectivity index (χ1n) is 14.9. The van der Waals surface area contributed by atoms with Crippen LogP contribution in [0.15, 0.2) is 87.8 Å². The van der Waals surface area contributed by atoms with Gasteiger partial charge in [0.25, 0.3) is 5.56 Å². The molecule has 0 saturated carbocycles. The van der Waals surface area contributed by atoms with Crippen LogP contribution in [0.2, 0.25) is 0 Å². The number of aromatic nitrogens is 1. The molecule has 4 aromatic rings. The maximum atomic E-state index is 14.1. The number of allylic oxidation sites excluding steroid dienone is 1. The van der Waals surface area contributed by atoms with Gasteiger partial charge in [-0.05, 0) is 90.4 Å². The summed E-state index contributed by atoms with van der Waals surface area (Å²) >= 11 is 3.46. The summed E-state index contributed by atoms with van der Waals surface area (Å²) < 4.78 is 30.5. The van der Waals surface area contributed by atoms with E-state index in [4.69, 9.17) is 18.9 Å². The monoisotopic (exact) mass is 768 g/mol. The van der Waals surface area contributed by atoms with Crippen LogP contribution in [0.5, 0.6) is 17.2 Å². The normalized spacial score (nSPS) is 14.2. The molecule has 0 radical (unpaired) electrons. The molecule has 244 valence electrons. The maximum absolute atomic E-state index is 14.1. The summed E-state index contributed by atoms with van der Waals surface area (Å²) in [7, 11) is 1.28. The van der Waals surface area contributed by atoms with Gasteiger partial charge in [-0.2, -0.15) is 0 Å². The van der Waals surface area contributed by atoms with Crippen molar-refractivity contribution in [2.24, 2.45) is 4.99 Å². The van der Waals surface area contributed by atoms with Crippen LogP contribution < -0.4 is 29.1 Å². The molecule has 3 aromatic carbocycles. The van der Waals surface area contributed by atoms with Crippen LogP contribution in [0, 0.1) is 3.57 Å². The first-order chi connectivity index (χ1) is 22.7. The number of rotatable bonds is 12. The van der Waals surface area contributed by atoms with E-state index in [1.807, 2.05) is 61.5 Å². The third-order valence-electron chi connectivity index (χ3n) is 7.16. The lowest BCUT2D eigenvalue weighted by Gasteiger charge is -2.25. The zero-order valence-electron chi connectivity index (χ0n) is 26.3. The molecular weight excluding hydrogens is 735 g/mol. The van der Waals surface area contributed by atoms with Gasteiger partial charge in [0.05, 0.1) is 45.7 Å². The Bertz CT molecular complexity index is 2000. The molecule has 47 heavy (non-hydrogen) atoms. The number of hydrogen-bond acceptors (Lipinski definition) is 10. The Hall–Kier alpha value is -4.43. The fraction of sp³-hybridized carbons (Fsp3) is 0.257. The number of esters is 2. The first-order valence-corrected chi connectivity index (χ1v) is 16.8. The molecular formula is C35H33IN2O8S. The fourth-order valence-electron chi connectivity index (χ4n) is 5.00. The standard InChI is InChI=1S/C35H33IN2O8S/c1-5-43-28-18-24(13-15-27(28)46-20-30(39)42-4)32-31(34(41)44-6-2)21(3)37-35-38(32)33(40)29(47-35)17-23-12-14-26(25(36)16-23)45-19-22-10-8-7-9-11-22/h7-18,32H,5-6,19-20H2,1-4H3/b29-17-/t32-/m1/s1. The van der Waals surface area contributed by atoms with Gasteiger partial charge in [0.2, 0.25) is 0 Å². The van der Waals surface area contributed by atoms with Crippen molar-refractivity contribution in [3.63, 3.8) is 0 Å². The number of hydrogen-bond donors (Lipinski definition) is 0. The van der Waals surface area contributed by atoms with Gasteiger partial charge in [0.15, 0.2) is 22.9 Å². The SMILES string of the molecule is CCOC(=O)C1=C(C)N=c2s/c(=C\c3ccc(OCc4ccccc4)c(I)c3)c(=O)n2[C@@H]1c1ccc(OCC(=O)OC)c(OCC)c1. The molecule has 1 aliphatic heterocycles. The number of thiazole rings is 1. The number of carbonyl (C=O) groups is 2. The summed E-state index contributed by atoms with van der Waals surface area (Å²) in [6.07, 6.45) is 1.81. The van der Waals surface area contributed by atoms with Gasteiger partial charge < -0.3 is 23.7 Å². The van der Waals surface area contributed by atoms with Crippen molar-refractivity contribution >= 4 is 51.9 Å². The minimum Gasteiger partial charge on any atom is -0.490 e. The van der Waals surface area contributed by atoms with Crippen molar-refractivity contribution in [3.05, 3.63) is 118 Å². The highest BCUT2D eigenvalue weighted by molar-refractivity contribution is 14.1. The topological polar surface area (TPSA) is 115 Å². The van der Waals surface area contributed by atoms with E-state index in [-0.39, 0.29) is 24.3 Å². The molecule has 1 atom stereocenters. The number of methoxy groups -OCH3 is 1. The second-order valence-corrected chi connectivity index (χ2v) is 12.4. The minimum atomic E-state index is -0.852. The van der Waals surface area contributed by atoms with Crippen molar-refractivity contribution < 1.29 is 33.3 Å². The second kappa shape index (κ2) is 15.4. The van der Waals surface area contributed by atoms with E-state index in [2.05, 4.69) is 32.3 Å². The van der Waals surface area contributed by atoms with Gasteiger partial charge in [-0.25, -0.2) is 14.6 Å². The Balaban J connectivity index is 1.55. The van der Waals surface area contributed by atoms with Gasteiger partial charge in [-0.15, -0.1) is 0 Å². The molecule has 1 aliphatic rings. The fourth-order valence-corrected chi connectivity index (χ4v) is 6.74. The van der Waals surface area contributed by atoms with E-state index < -0.39 is 18.0 Å². The van der Waals surface area contributed by atoms with Crippen LogP contribution in [0.4, 0.5) is 0 Å². The lowest BCUT2D eigenvalue weighted by atomic mass is 9.95.